The van der Waals surface area contributed by atoms with Crippen molar-refractivity contribution in [3.63, 3.8) is 0 Å². The zero-order valence-corrected chi connectivity index (χ0v) is 9.82. The number of hydroxylamine groups is 1. The van der Waals surface area contributed by atoms with Gasteiger partial charge in [0.25, 0.3) is 0 Å². The van der Waals surface area contributed by atoms with Crippen LogP contribution < -0.4 is 10.3 Å². The third kappa shape index (κ3) is 4.63. The molecule has 2 nitrogen and oxygen atoms in total. The summed E-state index contributed by atoms with van der Waals surface area (Å²) in [5.41, 5.74) is 2.98. The molecule has 1 rings (SSSR count). The standard InChI is InChI=1S/C11H19NOS/c1-3-4-5-6-9-12-13-11-8-7-10(2)14-11/h7-8,12H,3-6,9H2,1-2H3. The van der Waals surface area contributed by atoms with Crippen LogP contribution >= 0.6 is 11.3 Å². The first-order chi connectivity index (χ1) is 6.83. The number of rotatable bonds is 7. The first-order valence-electron chi connectivity index (χ1n) is 5.29. The monoisotopic (exact) mass is 213 g/mol. The maximum absolute atomic E-state index is 5.38. The normalized spacial score (nSPS) is 10.4. The maximum Gasteiger partial charge on any atom is 0.200 e. The third-order valence-electron chi connectivity index (χ3n) is 2.02. The van der Waals surface area contributed by atoms with Crippen molar-refractivity contribution in [1.82, 2.24) is 5.48 Å². The van der Waals surface area contributed by atoms with Crippen LogP contribution in [0.1, 0.15) is 37.5 Å². The largest absolute Gasteiger partial charge is 0.398 e. The summed E-state index contributed by atoms with van der Waals surface area (Å²) in [7, 11) is 0. The van der Waals surface area contributed by atoms with Crippen LogP contribution in [0.5, 0.6) is 5.06 Å². The van der Waals surface area contributed by atoms with Gasteiger partial charge in [0, 0.05) is 11.4 Å². The lowest BCUT2D eigenvalue weighted by molar-refractivity contribution is 0.200. The van der Waals surface area contributed by atoms with E-state index in [-0.39, 0.29) is 0 Å². The minimum atomic E-state index is 0.941. The highest BCUT2D eigenvalue weighted by Gasteiger charge is 1.96. The van der Waals surface area contributed by atoms with Gasteiger partial charge in [0.1, 0.15) is 0 Å². The molecule has 0 atom stereocenters. The highest BCUT2D eigenvalue weighted by molar-refractivity contribution is 7.13. The van der Waals surface area contributed by atoms with Crippen LogP contribution in [0.4, 0.5) is 0 Å². The predicted octanol–water partition coefficient (Wildman–Crippen LogP) is 3.52. The van der Waals surface area contributed by atoms with Gasteiger partial charge in [-0.25, -0.2) is 0 Å². The number of aryl methyl sites for hydroxylation is 1. The van der Waals surface area contributed by atoms with Gasteiger partial charge in [-0.3, -0.25) is 0 Å². The summed E-state index contributed by atoms with van der Waals surface area (Å²) in [5.74, 6) is 0. The van der Waals surface area contributed by atoms with E-state index in [0.29, 0.717) is 0 Å². The fourth-order valence-corrected chi connectivity index (χ4v) is 1.90. The molecule has 80 valence electrons. The summed E-state index contributed by atoms with van der Waals surface area (Å²) >= 11 is 1.67. The molecule has 0 fully saturated rings. The molecular formula is C11H19NOS. The molecule has 0 aliphatic carbocycles. The van der Waals surface area contributed by atoms with Gasteiger partial charge < -0.3 is 4.84 Å². The Balaban J connectivity index is 1.99. The van der Waals surface area contributed by atoms with Gasteiger partial charge in [-0.2, -0.15) is 5.48 Å². The van der Waals surface area contributed by atoms with Gasteiger partial charge >= 0.3 is 0 Å². The second-order valence-electron chi connectivity index (χ2n) is 3.42. The molecule has 0 aromatic carbocycles. The quantitative estimate of drug-likeness (QED) is 0.552. The van der Waals surface area contributed by atoms with Crippen LogP contribution in [0.25, 0.3) is 0 Å². The molecule has 0 saturated carbocycles. The molecule has 0 unspecified atom stereocenters. The average molecular weight is 213 g/mol. The van der Waals surface area contributed by atoms with Crippen LogP contribution in [0.2, 0.25) is 0 Å². The van der Waals surface area contributed by atoms with Gasteiger partial charge in [-0.05, 0) is 25.5 Å². The molecule has 14 heavy (non-hydrogen) atoms. The molecule has 0 bridgehead atoms. The van der Waals surface area contributed by atoms with Crippen molar-refractivity contribution >= 4 is 11.3 Å². The van der Waals surface area contributed by atoms with Crippen molar-refractivity contribution in [2.45, 2.75) is 39.5 Å². The third-order valence-corrected chi connectivity index (χ3v) is 2.90. The van der Waals surface area contributed by atoms with Crippen molar-refractivity contribution in [1.29, 1.82) is 0 Å². The fourth-order valence-electron chi connectivity index (χ4n) is 1.21. The summed E-state index contributed by atoms with van der Waals surface area (Å²) < 4.78 is 0. The Morgan fingerprint density at radius 2 is 2.14 bits per heavy atom. The number of unbranched alkanes of at least 4 members (excludes halogenated alkanes) is 3. The van der Waals surface area contributed by atoms with Gasteiger partial charge in [0.05, 0.1) is 0 Å². The highest BCUT2D eigenvalue weighted by Crippen LogP contribution is 2.22. The first kappa shape index (κ1) is 11.5. The molecule has 3 heteroatoms. The second-order valence-corrected chi connectivity index (χ2v) is 4.67. The lowest BCUT2D eigenvalue weighted by Gasteiger charge is -2.03. The summed E-state index contributed by atoms with van der Waals surface area (Å²) in [6.45, 7) is 5.24. The summed E-state index contributed by atoms with van der Waals surface area (Å²) in [4.78, 5) is 6.66. The van der Waals surface area contributed by atoms with Gasteiger partial charge in [0.2, 0.25) is 5.06 Å². The number of hydrogen-bond acceptors (Lipinski definition) is 3. The van der Waals surface area contributed by atoms with E-state index in [1.165, 1.54) is 30.6 Å². The molecule has 0 spiro atoms. The number of thiophene rings is 1. The van der Waals surface area contributed by atoms with E-state index in [0.717, 1.165) is 11.6 Å². The Hall–Kier alpha value is -0.540. The van der Waals surface area contributed by atoms with Crippen LogP contribution in [0.3, 0.4) is 0 Å². The Kier molecular flexibility index (Phi) is 5.64. The highest BCUT2D eigenvalue weighted by atomic mass is 32.1. The van der Waals surface area contributed by atoms with E-state index in [2.05, 4.69) is 25.4 Å². The fraction of sp³-hybridized carbons (Fsp3) is 0.636. The molecular weight excluding hydrogens is 194 g/mol. The average Bonchev–Trinajstić information content (AvgIpc) is 2.58. The van der Waals surface area contributed by atoms with Crippen LogP contribution in [-0.4, -0.2) is 6.54 Å². The summed E-state index contributed by atoms with van der Waals surface area (Å²) in [6, 6.07) is 4.07. The van der Waals surface area contributed by atoms with E-state index in [9.17, 15) is 0 Å². The molecule has 0 amide bonds. The molecule has 1 heterocycles. The summed E-state index contributed by atoms with van der Waals surface area (Å²) in [5, 5.41) is 0.956. The van der Waals surface area contributed by atoms with Crippen LogP contribution in [-0.2, 0) is 0 Å². The maximum atomic E-state index is 5.38. The van der Waals surface area contributed by atoms with Crippen molar-refractivity contribution in [3.8, 4) is 5.06 Å². The van der Waals surface area contributed by atoms with Crippen molar-refractivity contribution in [2.75, 3.05) is 6.54 Å². The Labute approximate surface area is 90.2 Å². The van der Waals surface area contributed by atoms with E-state index < -0.39 is 0 Å². The minimum absolute atomic E-state index is 0.941. The van der Waals surface area contributed by atoms with Crippen LogP contribution in [0.15, 0.2) is 12.1 Å². The first-order valence-corrected chi connectivity index (χ1v) is 6.10. The summed E-state index contributed by atoms with van der Waals surface area (Å²) in [6.07, 6.45) is 5.08. The smallest absolute Gasteiger partial charge is 0.200 e. The molecule has 0 aliphatic rings. The molecule has 1 N–H and O–H groups in total. The van der Waals surface area contributed by atoms with E-state index in [1.54, 1.807) is 11.3 Å². The van der Waals surface area contributed by atoms with Crippen molar-refractivity contribution < 1.29 is 4.84 Å². The lowest BCUT2D eigenvalue weighted by Crippen LogP contribution is -2.18. The van der Waals surface area contributed by atoms with E-state index >= 15 is 0 Å². The Bertz CT molecular complexity index is 247. The van der Waals surface area contributed by atoms with Gasteiger partial charge in [-0.15, -0.1) is 11.3 Å². The minimum Gasteiger partial charge on any atom is -0.398 e. The number of nitrogens with one attached hydrogen (secondary N) is 1. The zero-order chi connectivity index (χ0) is 10.2. The molecule has 1 aromatic rings. The van der Waals surface area contributed by atoms with E-state index in [1.807, 2.05) is 6.07 Å². The predicted molar refractivity (Wildman–Crippen MR) is 61.8 cm³/mol. The molecule has 0 radical (unpaired) electrons. The van der Waals surface area contributed by atoms with Gasteiger partial charge in [-0.1, -0.05) is 26.2 Å². The second kappa shape index (κ2) is 6.85. The molecule has 1 aromatic heterocycles. The van der Waals surface area contributed by atoms with Crippen molar-refractivity contribution in [2.24, 2.45) is 0 Å². The topological polar surface area (TPSA) is 21.3 Å². The van der Waals surface area contributed by atoms with Gasteiger partial charge in [0.15, 0.2) is 0 Å². The van der Waals surface area contributed by atoms with Crippen molar-refractivity contribution in [3.05, 3.63) is 17.0 Å². The lowest BCUT2D eigenvalue weighted by atomic mass is 10.2. The van der Waals surface area contributed by atoms with Crippen LogP contribution in [0, 0.1) is 6.92 Å². The number of hydrogen-bond donors (Lipinski definition) is 1. The molecule has 0 aliphatic heterocycles. The Morgan fingerprint density at radius 1 is 1.29 bits per heavy atom. The SMILES string of the molecule is CCCCCCNOc1ccc(C)s1. The zero-order valence-electron chi connectivity index (χ0n) is 9.01. The Morgan fingerprint density at radius 3 is 2.79 bits per heavy atom. The molecule has 0 saturated heterocycles. The van der Waals surface area contributed by atoms with E-state index in [4.69, 9.17) is 4.84 Å².